The van der Waals surface area contributed by atoms with Crippen molar-refractivity contribution in [3.8, 4) is 0 Å². The summed E-state index contributed by atoms with van der Waals surface area (Å²) < 4.78 is 6.84. The first kappa shape index (κ1) is 12.2. The van der Waals surface area contributed by atoms with Crippen LogP contribution in [0.25, 0.3) is 0 Å². The predicted octanol–water partition coefficient (Wildman–Crippen LogP) is 1.77. The van der Waals surface area contributed by atoms with Gasteiger partial charge in [0.15, 0.2) is 5.82 Å². The van der Waals surface area contributed by atoms with Gasteiger partial charge in [0, 0.05) is 23.9 Å². The number of halogens is 1. The lowest BCUT2D eigenvalue weighted by atomic mass is 10.2. The molecule has 0 bridgehead atoms. The number of rotatable bonds is 5. The molecule has 0 unspecified atom stereocenters. The van der Waals surface area contributed by atoms with Crippen molar-refractivity contribution in [3.63, 3.8) is 0 Å². The Hall–Kier alpha value is -1.24. The van der Waals surface area contributed by atoms with Gasteiger partial charge in [0.2, 0.25) is 5.89 Å². The molecule has 0 aliphatic carbocycles. The highest BCUT2D eigenvalue weighted by Crippen LogP contribution is 2.11. The van der Waals surface area contributed by atoms with Gasteiger partial charge in [0.1, 0.15) is 6.54 Å². The topological polar surface area (TPSA) is 69.6 Å². The van der Waals surface area contributed by atoms with Crippen LogP contribution in [0.4, 0.5) is 0 Å². The molecule has 0 amide bonds. The first-order valence-electron chi connectivity index (χ1n) is 5.46. The number of hydrogen-bond donors (Lipinski definition) is 0. The van der Waals surface area contributed by atoms with E-state index in [1.807, 2.05) is 20.0 Å². The smallest absolute Gasteiger partial charge is 0.229 e. The fourth-order valence-corrected chi connectivity index (χ4v) is 1.74. The van der Waals surface area contributed by atoms with Crippen LogP contribution in [0.2, 0.25) is 0 Å². The van der Waals surface area contributed by atoms with Crippen molar-refractivity contribution < 1.29 is 4.52 Å². The Bertz CT molecular complexity index is 479. The summed E-state index contributed by atoms with van der Waals surface area (Å²) in [6, 6.07) is 0. The number of aromatic nitrogens is 5. The van der Waals surface area contributed by atoms with Crippen molar-refractivity contribution in [2.24, 2.45) is 0 Å². The van der Waals surface area contributed by atoms with Gasteiger partial charge in [0.05, 0.1) is 5.69 Å². The van der Waals surface area contributed by atoms with E-state index in [4.69, 9.17) is 4.52 Å². The average molecular weight is 300 g/mol. The van der Waals surface area contributed by atoms with E-state index in [2.05, 4.69) is 36.4 Å². The van der Waals surface area contributed by atoms with Crippen LogP contribution in [-0.2, 0) is 13.0 Å². The summed E-state index contributed by atoms with van der Waals surface area (Å²) >= 11 is 3.36. The van der Waals surface area contributed by atoms with Gasteiger partial charge in [-0.3, -0.25) is 0 Å². The Kier molecular flexibility index (Phi) is 3.88. The van der Waals surface area contributed by atoms with Gasteiger partial charge in [-0.15, -0.1) is 5.10 Å². The Morgan fingerprint density at radius 1 is 1.47 bits per heavy atom. The zero-order chi connectivity index (χ0) is 12.3. The van der Waals surface area contributed by atoms with Crippen LogP contribution in [0.1, 0.15) is 37.2 Å². The fourth-order valence-electron chi connectivity index (χ4n) is 1.34. The SMILES string of the molecule is CC(C)c1nc(Cn2cc(CCBr)nn2)no1. The number of alkyl halides is 1. The van der Waals surface area contributed by atoms with E-state index in [1.165, 1.54) is 0 Å². The number of nitrogens with zero attached hydrogens (tertiary/aromatic N) is 5. The van der Waals surface area contributed by atoms with Crippen LogP contribution in [0, 0.1) is 0 Å². The summed E-state index contributed by atoms with van der Waals surface area (Å²) in [6.45, 7) is 4.52. The molecule has 2 rings (SSSR count). The molecule has 0 spiro atoms. The fraction of sp³-hybridized carbons (Fsp3) is 0.600. The highest BCUT2D eigenvalue weighted by Gasteiger charge is 2.10. The second kappa shape index (κ2) is 5.39. The van der Waals surface area contributed by atoms with Crippen LogP contribution in [0.5, 0.6) is 0 Å². The van der Waals surface area contributed by atoms with Crippen molar-refractivity contribution in [3.05, 3.63) is 23.6 Å². The van der Waals surface area contributed by atoms with Crippen molar-refractivity contribution in [2.45, 2.75) is 32.7 Å². The van der Waals surface area contributed by atoms with Crippen LogP contribution >= 0.6 is 15.9 Å². The van der Waals surface area contributed by atoms with E-state index in [1.54, 1.807) is 4.68 Å². The van der Waals surface area contributed by atoms with Gasteiger partial charge in [-0.05, 0) is 0 Å². The van der Waals surface area contributed by atoms with Crippen molar-refractivity contribution in [2.75, 3.05) is 5.33 Å². The molecule has 0 N–H and O–H groups in total. The molecule has 6 nitrogen and oxygen atoms in total. The Morgan fingerprint density at radius 3 is 2.94 bits per heavy atom. The molecule has 0 aliphatic heterocycles. The van der Waals surface area contributed by atoms with Gasteiger partial charge >= 0.3 is 0 Å². The molecule has 0 aromatic carbocycles. The third-order valence-electron chi connectivity index (χ3n) is 2.22. The average Bonchev–Trinajstić information content (AvgIpc) is 2.89. The minimum atomic E-state index is 0.246. The molecule has 0 aliphatic rings. The maximum Gasteiger partial charge on any atom is 0.229 e. The normalized spacial score (nSPS) is 11.3. The molecule has 0 saturated heterocycles. The quantitative estimate of drug-likeness (QED) is 0.787. The maximum absolute atomic E-state index is 5.12. The summed E-state index contributed by atoms with van der Waals surface area (Å²) in [4.78, 5) is 4.28. The van der Waals surface area contributed by atoms with E-state index in [9.17, 15) is 0 Å². The van der Waals surface area contributed by atoms with Crippen LogP contribution in [0.3, 0.4) is 0 Å². The molecule has 92 valence electrons. The molecule has 7 heteroatoms. The minimum absolute atomic E-state index is 0.246. The molecule has 2 heterocycles. The lowest BCUT2D eigenvalue weighted by Crippen LogP contribution is -2.02. The molecule has 0 radical (unpaired) electrons. The summed E-state index contributed by atoms with van der Waals surface area (Å²) in [5.74, 6) is 1.53. The predicted molar refractivity (Wildman–Crippen MR) is 65.0 cm³/mol. The van der Waals surface area contributed by atoms with E-state index >= 15 is 0 Å². The second-order valence-corrected chi connectivity index (χ2v) is 4.84. The number of aryl methyl sites for hydroxylation is 1. The monoisotopic (exact) mass is 299 g/mol. The third kappa shape index (κ3) is 3.12. The summed E-state index contributed by atoms with van der Waals surface area (Å²) in [5.41, 5.74) is 0.953. The van der Waals surface area contributed by atoms with Gasteiger partial charge in [-0.2, -0.15) is 4.98 Å². The largest absolute Gasteiger partial charge is 0.339 e. The summed E-state index contributed by atoms with van der Waals surface area (Å²) in [6.07, 6.45) is 2.76. The summed E-state index contributed by atoms with van der Waals surface area (Å²) in [7, 11) is 0. The minimum Gasteiger partial charge on any atom is -0.339 e. The maximum atomic E-state index is 5.12. The highest BCUT2D eigenvalue weighted by atomic mass is 79.9. The van der Waals surface area contributed by atoms with Crippen LogP contribution < -0.4 is 0 Å². The van der Waals surface area contributed by atoms with Crippen molar-refractivity contribution in [1.82, 2.24) is 25.1 Å². The van der Waals surface area contributed by atoms with E-state index in [0.717, 1.165) is 17.4 Å². The molecule has 2 aromatic heterocycles. The molecule has 2 aromatic rings. The molecule has 0 saturated carbocycles. The van der Waals surface area contributed by atoms with Gasteiger partial charge in [-0.1, -0.05) is 40.1 Å². The molecular formula is C10H14BrN5O. The lowest BCUT2D eigenvalue weighted by molar-refractivity contribution is 0.359. The van der Waals surface area contributed by atoms with Crippen LogP contribution in [0.15, 0.2) is 10.7 Å². The Labute approximate surface area is 108 Å². The molecule has 0 atom stereocenters. The standard InChI is InChI=1S/C10H14BrN5O/c1-7(2)10-12-9(14-17-10)6-16-5-8(3-4-11)13-15-16/h5,7H,3-4,6H2,1-2H3. The second-order valence-electron chi connectivity index (χ2n) is 4.05. The van der Waals surface area contributed by atoms with Gasteiger partial charge < -0.3 is 4.52 Å². The highest BCUT2D eigenvalue weighted by molar-refractivity contribution is 9.09. The lowest BCUT2D eigenvalue weighted by Gasteiger charge is -1.93. The number of hydrogen-bond acceptors (Lipinski definition) is 5. The molecular weight excluding hydrogens is 286 g/mol. The first-order chi connectivity index (χ1) is 8.19. The van der Waals surface area contributed by atoms with Crippen LogP contribution in [-0.4, -0.2) is 30.5 Å². The van der Waals surface area contributed by atoms with E-state index in [-0.39, 0.29) is 5.92 Å². The van der Waals surface area contributed by atoms with Crippen molar-refractivity contribution >= 4 is 15.9 Å². The first-order valence-corrected chi connectivity index (χ1v) is 6.58. The van der Waals surface area contributed by atoms with Gasteiger partial charge in [0.25, 0.3) is 0 Å². The van der Waals surface area contributed by atoms with E-state index < -0.39 is 0 Å². The zero-order valence-electron chi connectivity index (χ0n) is 9.80. The Balaban J connectivity index is 2.03. The Morgan fingerprint density at radius 2 is 2.29 bits per heavy atom. The van der Waals surface area contributed by atoms with Crippen molar-refractivity contribution in [1.29, 1.82) is 0 Å². The molecule has 17 heavy (non-hydrogen) atoms. The molecule has 0 fully saturated rings. The summed E-state index contributed by atoms with van der Waals surface area (Å²) in [5, 5.41) is 12.8. The van der Waals surface area contributed by atoms with E-state index in [0.29, 0.717) is 18.3 Å². The zero-order valence-corrected chi connectivity index (χ0v) is 11.4. The third-order valence-corrected chi connectivity index (χ3v) is 2.61. The van der Waals surface area contributed by atoms with Gasteiger partial charge in [-0.25, -0.2) is 4.68 Å².